The standard InChI is InChI=1S/C42H20N4O/c1-44-42-32(20-43)45-40-38-24-10-2-3-11-25(24)39(41(40)46-42)36-23(13-7-14-28(36)38)27-17-16-21-8-6-12-26-29-18-30-22-9-4-5-15-33(22)47-34(30)19-31(29)37(27)35(21)26/h2-19,38-39H. The predicted octanol–water partition coefficient (Wildman–Crippen LogP) is 10.3. The van der Waals surface area contributed by atoms with Crippen molar-refractivity contribution in [3.63, 3.8) is 0 Å². The second-order valence-electron chi connectivity index (χ2n) is 12.6. The van der Waals surface area contributed by atoms with E-state index in [1.807, 2.05) is 12.1 Å². The van der Waals surface area contributed by atoms with Crippen LogP contribution < -0.4 is 0 Å². The Bertz CT molecular complexity index is 2850. The molecule has 5 nitrogen and oxygen atoms in total. The SMILES string of the molecule is [C-]#[N+]c1nc2c(nc1C#N)C1c3ccccc3C2c2c(-c3ccc4cccc5c4c3-c3cc4oc6ccccc6c4cc3-5)cccc21. The maximum Gasteiger partial charge on any atom is 0.306 e. The summed E-state index contributed by atoms with van der Waals surface area (Å²) in [5, 5.41) is 14.5. The normalized spacial score (nSPS) is 16.0. The summed E-state index contributed by atoms with van der Waals surface area (Å²) in [5.41, 5.74) is 15.3. The van der Waals surface area contributed by atoms with Gasteiger partial charge in [-0.25, -0.2) is 4.98 Å². The molecule has 12 rings (SSSR count). The second-order valence-corrected chi connectivity index (χ2v) is 12.6. The molecule has 4 aliphatic carbocycles. The molecule has 5 heteroatoms. The van der Waals surface area contributed by atoms with Crippen LogP contribution in [0, 0.1) is 17.9 Å². The Labute approximate surface area is 268 Å². The van der Waals surface area contributed by atoms with Gasteiger partial charge in [0.25, 0.3) is 0 Å². The Morgan fingerprint density at radius 1 is 0.638 bits per heavy atom. The monoisotopic (exact) mass is 596 g/mol. The fraction of sp³-hybridized carbons (Fsp3) is 0.0476. The maximum absolute atomic E-state index is 9.84. The first-order valence-corrected chi connectivity index (χ1v) is 15.7. The molecule has 2 heterocycles. The average molecular weight is 597 g/mol. The highest BCUT2D eigenvalue weighted by molar-refractivity contribution is 6.22. The van der Waals surface area contributed by atoms with Crippen molar-refractivity contribution in [1.29, 1.82) is 5.26 Å². The van der Waals surface area contributed by atoms with Crippen LogP contribution in [0.1, 0.15) is 51.2 Å². The van der Waals surface area contributed by atoms with E-state index in [2.05, 4.69) is 108 Å². The smallest absolute Gasteiger partial charge is 0.306 e. The summed E-state index contributed by atoms with van der Waals surface area (Å²) in [7, 11) is 0. The lowest BCUT2D eigenvalue weighted by atomic mass is 9.62. The molecule has 2 unspecified atom stereocenters. The van der Waals surface area contributed by atoms with Crippen molar-refractivity contribution >= 4 is 38.5 Å². The molecule has 0 radical (unpaired) electrons. The van der Waals surface area contributed by atoms with Crippen molar-refractivity contribution in [3.05, 3.63) is 160 Å². The van der Waals surface area contributed by atoms with E-state index in [0.717, 1.165) is 44.5 Å². The highest BCUT2D eigenvalue weighted by atomic mass is 16.3. The van der Waals surface area contributed by atoms with Gasteiger partial charge in [-0.3, -0.25) is 0 Å². The van der Waals surface area contributed by atoms with Crippen molar-refractivity contribution in [3.8, 4) is 39.4 Å². The number of benzene rings is 6. The Hall–Kier alpha value is -6.56. The minimum absolute atomic E-state index is 0.0630. The van der Waals surface area contributed by atoms with Crippen LogP contribution in [-0.2, 0) is 0 Å². The molecule has 0 saturated carbocycles. The van der Waals surface area contributed by atoms with E-state index in [0.29, 0.717) is 0 Å². The number of para-hydroxylation sites is 1. The lowest BCUT2D eigenvalue weighted by Crippen LogP contribution is -2.30. The number of rotatable bonds is 1. The summed E-state index contributed by atoms with van der Waals surface area (Å²) >= 11 is 0. The van der Waals surface area contributed by atoms with Gasteiger partial charge in [0.2, 0.25) is 0 Å². The van der Waals surface area contributed by atoms with Crippen molar-refractivity contribution < 1.29 is 4.42 Å². The van der Waals surface area contributed by atoms with Gasteiger partial charge in [0, 0.05) is 10.8 Å². The highest BCUT2D eigenvalue weighted by Crippen LogP contribution is 2.59. The number of aromatic nitrogens is 2. The van der Waals surface area contributed by atoms with Gasteiger partial charge >= 0.3 is 5.82 Å². The summed E-state index contributed by atoms with van der Waals surface area (Å²) < 4.78 is 6.41. The molecule has 0 fully saturated rings. The first kappa shape index (κ1) is 24.7. The molecule has 214 valence electrons. The predicted molar refractivity (Wildman–Crippen MR) is 182 cm³/mol. The average Bonchev–Trinajstić information content (AvgIpc) is 3.66. The fourth-order valence-electron chi connectivity index (χ4n) is 8.67. The molecule has 0 amide bonds. The quantitative estimate of drug-likeness (QED) is 0.177. The summed E-state index contributed by atoms with van der Waals surface area (Å²) in [6.07, 6.45) is 0. The van der Waals surface area contributed by atoms with E-state index in [-0.39, 0.29) is 23.3 Å². The summed E-state index contributed by atoms with van der Waals surface area (Å²) in [6.45, 7) is 7.77. The van der Waals surface area contributed by atoms with Gasteiger partial charge in [-0.05, 0) is 84.6 Å². The molecule has 2 bridgehead atoms. The summed E-state index contributed by atoms with van der Waals surface area (Å²) in [5.74, 6) is -0.323. The van der Waals surface area contributed by atoms with Gasteiger partial charge in [0.05, 0.1) is 17.5 Å². The molecule has 4 aliphatic rings. The fourth-order valence-corrected chi connectivity index (χ4v) is 8.67. The third kappa shape index (κ3) is 2.97. The van der Waals surface area contributed by atoms with Gasteiger partial charge < -0.3 is 9.26 Å². The first-order valence-electron chi connectivity index (χ1n) is 15.7. The van der Waals surface area contributed by atoms with Gasteiger partial charge in [-0.1, -0.05) is 97.6 Å². The summed E-state index contributed by atoms with van der Waals surface area (Å²) in [6, 6.07) is 41.0. The number of nitrogens with zero attached hydrogens (tertiary/aromatic N) is 4. The largest absolute Gasteiger partial charge is 0.456 e. The van der Waals surface area contributed by atoms with Crippen LogP contribution in [0.5, 0.6) is 0 Å². The minimum atomic E-state index is -0.213. The Morgan fingerprint density at radius 2 is 1.40 bits per heavy atom. The molecular formula is C42H20N4O. The van der Waals surface area contributed by atoms with E-state index >= 15 is 0 Å². The van der Waals surface area contributed by atoms with Crippen LogP contribution in [-0.4, -0.2) is 9.97 Å². The van der Waals surface area contributed by atoms with E-state index in [1.165, 1.54) is 55.3 Å². The zero-order valence-electron chi connectivity index (χ0n) is 24.7. The first-order chi connectivity index (χ1) is 23.2. The van der Waals surface area contributed by atoms with Gasteiger partial charge in [0.15, 0.2) is 11.4 Å². The van der Waals surface area contributed by atoms with Crippen LogP contribution in [0.25, 0.3) is 70.9 Å². The van der Waals surface area contributed by atoms with Crippen molar-refractivity contribution in [1.82, 2.24) is 9.97 Å². The lowest BCUT2D eigenvalue weighted by Gasteiger charge is -2.40. The van der Waals surface area contributed by atoms with Crippen LogP contribution in [0.2, 0.25) is 0 Å². The molecular weight excluding hydrogens is 576 g/mol. The lowest BCUT2D eigenvalue weighted by molar-refractivity contribution is 0.669. The van der Waals surface area contributed by atoms with E-state index < -0.39 is 0 Å². The molecule has 2 atom stereocenters. The number of furan rings is 1. The Morgan fingerprint density at radius 3 is 2.28 bits per heavy atom. The zero-order valence-corrected chi connectivity index (χ0v) is 24.7. The van der Waals surface area contributed by atoms with E-state index in [9.17, 15) is 5.26 Å². The molecule has 6 aromatic carbocycles. The highest BCUT2D eigenvalue weighted by Gasteiger charge is 2.47. The Kier molecular flexibility index (Phi) is 4.51. The zero-order chi connectivity index (χ0) is 31.0. The number of hydrogen-bond donors (Lipinski definition) is 0. The van der Waals surface area contributed by atoms with Crippen molar-refractivity contribution in [2.24, 2.45) is 0 Å². The molecule has 47 heavy (non-hydrogen) atoms. The van der Waals surface area contributed by atoms with E-state index in [1.54, 1.807) is 0 Å². The molecule has 2 aromatic heterocycles. The van der Waals surface area contributed by atoms with Crippen molar-refractivity contribution in [2.75, 3.05) is 0 Å². The third-order valence-electron chi connectivity index (χ3n) is 10.5. The van der Waals surface area contributed by atoms with Crippen LogP contribution in [0.3, 0.4) is 0 Å². The van der Waals surface area contributed by atoms with Crippen molar-refractivity contribution in [2.45, 2.75) is 11.8 Å². The van der Waals surface area contributed by atoms with Crippen LogP contribution in [0.4, 0.5) is 5.82 Å². The molecule has 0 N–H and O–H groups in total. The second kappa shape index (κ2) is 8.57. The third-order valence-corrected chi connectivity index (χ3v) is 10.5. The number of fused-ring (bicyclic) bond motifs is 6. The topological polar surface area (TPSA) is 67.1 Å². The number of nitriles is 1. The van der Waals surface area contributed by atoms with Crippen LogP contribution in [0.15, 0.2) is 114 Å². The number of hydrogen-bond acceptors (Lipinski definition) is 4. The molecule has 0 spiro atoms. The van der Waals surface area contributed by atoms with E-state index in [4.69, 9.17) is 21.0 Å². The van der Waals surface area contributed by atoms with Crippen LogP contribution >= 0.6 is 0 Å². The van der Waals surface area contributed by atoms with Gasteiger partial charge in [0.1, 0.15) is 17.2 Å². The molecule has 8 aromatic rings. The van der Waals surface area contributed by atoms with Gasteiger partial charge in [-0.2, -0.15) is 5.26 Å². The summed E-state index contributed by atoms with van der Waals surface area (Å²) in [4.78, 5) is 13.3. The molecule has 0 aliphatic heterocycles. The molecule has 0 saturated heterocycles. The van der Waals surface area contributed by atoms with Gasteiger partial charge in [-0.15, -0.1) is 4.98 Å². The minimum Gasteiger partial charge on any atom is -0.456 e. The maximum atomic E-state index is 9.84. The Balaban J connectivity index is 1.22.